The van der Waals surface area contributed by atoms with Gasteiger partial charge < -0.3 is 24.8 Å². The van der Waals surface area contributed by atoms with Gasteiger partial charge in [-0.1, -0.05) is 0 Å². The number of fused-ring (bicyclic) bond motifs is 2. The summed E-state index contributed by atoms with van der Waals surface area (Å²) in [6.07, 6.45) is 23.8. The molecule has 0 bridgehead atoms. The van der Waals surface area contributed by atoms with Crippen molar-refractivity contribution in [3.63, 3.8) is 0 Å². The van der Waals surface area contributed by atoms with E-state index in [1.165, 1.54) is 44.6 Å². The molecule has 6 aromatic rings. The molecule has 2 nitrogen and oxygen atoms in total. The van der Waals surface area contributed by atoms with Crippen molar-refractivity contribution in [3.05, 3.63) is 227 Å². The molecule has 2 aromatic heterocycles. The van der Waals surface area contributed by atoms with E-state index in [1.54, 1.807) is 0 Å². The van der Waals surface area contributed by atoms with E-state index in [1.807, 2.05) is 0 Å². The van der Waals surface area contributed by atoms with Crippen molar-refractivity contribution >= 4 is 38.5 Å². The Kier molecular flexibility index (Phi) is 11.1. The number of hydrogen-bond acceptors (Lipinski definition) is 2. The van der Waals surface area contributed by atoms with Gasteiger partial charge in [-0.05, 0) is 0 Å². The summed E-state index contributed by atoms with van der Waals surface area (Å²) in [6.45, 7) is 5.20. The van der Waals surface area contributed by atoms with E-state index in [9.17, 15) is 0 Å². The Hall–Kier alpha value is -4.44. The third-order valence-corrected chi connectivity index (χ3v) is 30.7. The molecule has 0 amide bonds. The van der Waals surface area contributed by atoms with Crippen molar-refractivity contribution in [2.45, 2.75) is 32.2 Å². The summed E-state index contributed by atoms with van der Waals surface area (Å²) in [4.78, 5) is 0. The molecule has 4 atom stereocenters. The zero-order valence-electron chi connectivity index (χ0n) is 31.2. The molecule has 4 unspecified atom stereocenters. The van der Waals surface area contributed by atoms with Gasteiger partial charge >= 0.3 is 327 Å². The molecule has 0 saturated heterocycles. The van der Waals surface area contributed by atoms with Crippen molar-refractivity contribution in [1.29, 1.82) is 0 Å². The van der Waals surface area contributed by atoms with Gasteiger partial charge in [0.25, 0.3) is 0 Å². The van der Waals surface area contributed by atoms with Crippen LogP contribution in [0.4, 0.5) is 0 Å². The zero-order chi connectivity index (χ0) is 36.2. The first-order valence-electron chi connectivity index (χ1n) is 19.0. The summed E-state index contributed by atoms with van der Waals surface area (Å²) >= 11 is -2.74. The predicted molar refractivity (Wildman–Crippen MR) is 222 cm³/mol. The van der Waals surface area contributed by atoms with Crippen LogP contribution < -0.4 is 24.8 Å². The van der Waals surface area contributed by atoms with Gasteiger partial charge in [-0.25, -0.2) is 0 Å². The van der Waals surface area contributed by atoms with Crippen LogP contribution in [0, 0.1) is 0 Å². The van der Waals surface area contributed by atoms with Crippen LogP contribution in [0.1, 0.15) is 34.5 Å². The van der Waals surface area contributed by atoms with Crippen LogP contribution >= 0.6 is 0 Å². The predicted octanol–water partition coefficient (Wildman–Crippen LogP) is 7.54. The molecule has 0 radical (unpaired) electrons. The first kappa shape index (κ1) is 38.4. The maximum Gasteiger partial charge on any atom is -1.00 e. The Morgan fingerprint density at radius 1 is 0.482 bits per heavy atom. The summed E-state index contributed by atoms with van der Waals surface area (Å²) in [5.74, 6) is 2.37. The van der Waals surface area contributed by atoms with E-state index < -0.39 is 25.8 Å². The molecule has 274 valence electrons. The molecule has 4 aliphatic carbocycles. The Balaban J connectivity index is 0.00000220. The molecule has 0 fully saturated rings. The third-order valence-electron chi connectivity index (χ3n) is 11.5. The molecule has 0 aliphatic heterocycles. The fourth-order valence-electron chi connectivity index (χ4n) is 9.13. The topological polar surface area (TPSA) is 26.3 Å². The van der Waals surface area contributed by atoms with E-state index in [-0.39, 0.29) is 36.6 Å². The average molecular weight is 863 g/mol. The second kappa shape index (κ2) is 16.2. The number of benzene rings is 4. The number of allylic oxidation sites excluding steroid dienone is 16. The Morgan fingerprint density at radius 2 is 0.893 bits per heavy atom. The molecule has 10 rings (SSSR count). The van der Waals surface area contributed by atoms with Crippen molar-refractivity contribution in [3.8, 4) is 0 Å². The molecule has 56 heavy (non-hydrogen) atoms. The fraction of sp³-hybridized carbons (Fsp3) is 0.120. The summed E-state index contributed by atoms with van der Waals surface area (Å²) in [5, 5.41) is 2.32. The number of para-hydroxylation sites is 2. The molecular weight excluding hydrogens is 823 g/mol. The van der Waals surface area contributed by atoms with E-state index in [4.69, 9.17) is 8.83 Å². The number of hydrogen-bond donors (Lipinski definition) is 0. The monoisotopic (exact) mass is 860 g/mol. The molecule has 0 spiro atoms. The van der Waals surface area contributed by atoms with Crippen LogP contribution in [0.15, 0.2) is 213 Å². The third kappa shape index (κ3) is 6.75. The van der Waals surface area contributed by atoms with E-state index >= 15 is 0 Å². The molecule has 0 saturated carbocycles. The Morgan fingerprint density at radius 3 is 1.30 bits per heavy atom. The number of rotatable bonds is 6. The summed E-state index contributed by atoms with van der Waals surface area (Å²) in [5.41, 5.74) is 12.3. The second-order valence-corrected chi connectivity index (χ2v) is 32.8. The van der Waals surface area contributed by atoms with Crippen LogP contribution in [-0.2, 0) is 20.4 Å². The van der Waals surface area contributed by atoms with Crippen molar-refractivity contribution < 1.29 is 54.0 Å². The van der Waals surface area contributed by atoms with Gasteiger partial charge in [-0.3, -0.25) is 0 Å². The fourth-order valence-corrected chi connectivity index (χ4v) is 29.0. The molecule has 4 aromatic carbocycles. The van der Waals surface area contributed by atoms with E-state index in [2.05, 4.69) is 195 Å². The molecule has 2 heterocycles. The van der Waals surface area contributed by atoms with E-state index in [0.717, 1.165) is 33.5 Å². The maximum absolute atomic E-state index is 6.84. The molecule has 4 aliphatic rings. The van der Waals surface area contributed by atoms with Gasteiger partial charge in [-0.15, -0.1) is 0 Å². The molecule has 6 heteroatoms. The number of halogens is 2. The Labute approximate surface area is 349 Å². The Bertz CT molecular complexity index is 2500. The maximum atomic E-state index is 6.84. The zero-order valence-corrected chi connectivity index (χ0v) is 36.2. The van der Waals surface area contributed by atoms with Gasteiger partial charge in [0.15, 0.2) is 0 Å². The van der Waals surface area contributed by atoms with Crippen LogP contribution in [0.25, 0.3) is 33.1 Å². The van der Waals surface area contributed by atoms with Gasteiger partial charge in [0, 0.05) is 0 Å². The minimum atomic E-state index is -2.74. The largest absolute Gasteiger partial charge is 1.00 e. The van der Waals surface area contributed by atoms with Gasteiger partial charge in [0.2, 0.25) is 0 Å². The van der Waals surface area contributed by atoms with Gasteiger partial charge in [0.1, 0.15) is 0 Å². The summed E-state index contributed by atoms with van der Waals surface area (Å²) < 4.78 is 14.3. The SMILES string of the molecule is C[Si](C)=[Zr+2]([CH]1C(c2cc3ccccc3o2)=CC2=C1C=CC=CC2c1ccccc1)[CH]1C(c2cc3ccccc3o2)=CC2=C1C=CC=CC2c1ccccc1.[Cl-].[Cl-]. The quantitative estimate of drug-likeness (QED) is 0.162. The minimum absolute atomic E-state index is 0. The van der Waals surface area contributed by atoms with Crippen LogP contribution in [-0.4, -0.2) is 5.43 Å². The van der Waals surface area contributed by atoms with E-state index in [0.29, 0.717) is 7.25 Å². The van der Waals surface area contributed by atoms with Crippen LogP contribution in [0.3, 0.4) is 0 Å². The van der Waals surface area contributed by atoms with Crippen molar-refractivity contribution in [2.24, 2.45) is 0 Å². The standard InChI is InChI=1S/2C24H17O.C2H6Si.2ClH.Zr/c2*1-2-8-17(9-3-1)21-12-6-4-10-18-14-20(15-22(18)21)24-16-19-11-5-7-13-23(19)25-24;1-3-2;;;/h2*1-16,21H;1-2H3;2*1H;/q;;;;;+2/p-2. The van der Waals surface area contributed by atoms with Crippen molar-refractivity contribution in [1.82, 2.24) is 0 Å². The first-order valence-corrected chi connectivity index (χ1v) is 28.0. The second-order valence-electron chi connectivity index (χ2n) is 14.9. The average Bonchev–Trinajstić information content (AvgIpc) is 3.94. The number of furan rings is 2. The van der Waals surface area contributed by atoms with Crippen molar-refractivity contribution in [2.75, 3.05) is 0 Å². The molecular formula is C50H40Cl2O2SiZr. The van der Waals surface area contributed by atoms with Crippen LogP contribution in [0.5, 0.6) is 0 Å². The minimum Gasteiger partial charge on any atom is -1.00 e. The normalized spacial score (nSPS) is 20.7. The summed E-state index contributed by atoms with van der Waals surface area (Å²) in [7, 11) is 0. The van der Waals surface area contributed by atoms with Crippen LogP contribution in [0.2, 0.25) is 20.3 Å². The van der Waals surface area contributed by atoms with Gasteiger partial charge in [-0.2, -0.15) is 0 Å². The first-order chi connectivity index (χ1) is 26.6. The molecule has 0 N–H and O–H groups in total. The van der Waals surface area contributed by atoms with Gasteiger partial charge in [0.05, 0.1) is 0 Å². The smallest absolute Gasteiger partial charge is 1.00 e. The summed E-state index contributed by atoms with van der Waals surface area (Å²) in [6, 6.07) is 43.6.